The quantitative estimate of drug-likeness (QED) is 0.813. The third-order valence-electron chi connectivity index (χ3n) is 2.20. The number of pyridine rings is 1. The Morgan fingerprint density at radius 1 is 1.31 bits per heavy atom. The number of methoxy groups -OCH3 is 1. The molecule has 2 aromatic rings. The number of halogens is 1. The van der Waals surface area contributed by atoms with Crippen LogP contribution in [0.2, 0.25) is 5.02 Å². The summed E-state index contributed by atoms with van der Waals surface area (Å²) < 4.78 is 5.18. The maximum Gasteiger partial charge on any atom is 0.221 e. The minimum atomic E-state index is 0.559. The van der Waals surface area contributed by atoms with E-state index in [2.05, 4.69) is 4.98 Å². The van der Waals surface area contributed by atoms with Gasteiger partial charge in [0.15, 0.2) is 0 Å². The molecule has 0 atom stereocenters. The highest BCUT2D eigenvalue weighted by atomic mass is 35.5. The molecule has 0 aliphatic rings. The van der Waals surface area contributed by atoms with Gasteiger partial charge < -0.3 is 10.5 Å². The molecular formula is C12H11ClN2O. The van der Waals surface area contributed by atoms with Crippen molar-refractivity contribution in [2.75, 3.05) is 12.8 Å². The largest absolute Gasteiger partial charge is 0.481 e. The Balaban J connectivity index is 2.58. The zero-order chi connectivity index (χ0) is 11.5. The number of benzene rings is 1. The van der Waals surface area contributed by atoms with Crippen molar-refractivity contribution < 1.29 is 4.74 Å². The Morgan fingerprint density at radius 2 is 2.12 bits per heavy atom. The first-order valence-electron chi connectivity index (χ1n) is 4.76. The molecule has 0 radical (unpaired) electrons. The molecule has 1 aromatic carbocycles. The van der Waals surface area contributed by atoms with Crippen molar-refractivity contribution in [3.05, 3.63) is 41.6 Å². The van der Waals surface area contributed by atoms with Crippen LogP contribution in [0.1, 0.15) is 0 Å². The van der Waals surface area contributed by atoms with Crippen LogP contribution in [0.25, 0.3) is 11.1 Å². The number of nitrogens with two attached hydrogens (primary N) is 1. The molecule has 0 saturated heterocycles. The maximum absolute atomic E-state index is 5.95. The topological polar surface area (TPSA) is 48.1 Å². The van der Waals surface area contributed by atoms with Crippen molar-refractivity contribution in [1.29, 1.82) is 0 Å². The highest BCUT2D eigenvalue weighted by Crippen LogP contribution is 2.31. The second kappa shape index (κ2) is 4.41. The molecular weight excluding hydrogens is 224 g/mol. The fraction of sp³-hybridized carbons (Fsp3) is 0.0833. The molecule has 0 aliphatic heterocycles. The first kappa shape index (κ1) is 10.8. The fourth-order valence-electron chi connectivity index (χ4n) is 1.54. The average molecular weight is 235 g/mol. The number of aromatic nitrogens is 1. The second-order valence-electron chi connectivity index (χ2n) is 3.33. The van der Waals surface area contributed by atoms with Gasteiger partial charge in [-0.05, 0) is 35.9 Å². The molecule has 16 heavy (non-hydrogen) atoms. The first-order chi connectivity index (χ1) is 7.70. The van der Waals surface area contributed by atoms with Gasteiger partial charge in [0.05, 0.1) is 7.11 Å². The van der Waals surface area contributed by atoms with Crippen LogP contribution in [0.15, 0.2) is 36.5 Å². The Labute approximate surface area is 98.8 Å². The third kappa shape index (κ3) is 2.09. The van der Waals surface area contributed by atoms with E-state index >= 15 is 0 Å². The van der Waals surface area contributed by atoms with Gasteiger partial charge in [-0.1, -0.05) is 11.6 Å². The Kier molecular flexibility index (Phi) is 2.97. The Morgan fingerprint density at radius 3 is 2.81 bits per heavy atom. The summed E-state index contributed by atoms with van der Waals surface area (Å²) in [7, 11) is 1.58. The van der Waals surface area contributed by atoms with Gasteiger partial charge in [-0.2, -0.15) is 0 Å². The number of nitrogen functional groups attached to an aromatic ring is 1. The van der Waals surface area contributed by atoms with Crippen molar-refractivity contribution in [2.24, 2.45) is 0 Å². The summed E-state index contributed by atoms with van der Waals surface area (Å²) in [5, 5.41) is 0.598. The molecule has 0 saturated carbocycles. The lowest BCUT2D eigenvalue weighted by molar-refractivity contribution is 0.399. The lowest BCUT2D eigenvalue weighted by atomic mass is 10.1. The fourth-order valence-corrected chi connectivity index (χ4v) is 1.78. The van der Waals surface area contributed by atoms with Gasteiger partial charge in [0.2, 0.25) is 5.88 Å². The van der Waals surface area contributed by atoms with Gasteiger partial charge in [-0.25, -0.2) is 4.98 Å². The summed E-state index contributed by atoms with van der Waals surface area (Å²) in [4.78, 5) is 4.13. The smallest absolute Gasteiger partial charge is 0.221 e. The zero-order valence-corrected chi connectivity index (χ0v) is 9.53. The lowest BCUT2D eigenvalue weighted by Gasteiger charge is -2.08. The Hall–Kier alpha value is -1.74. The molecule has 1 aromatic heterocycles. The molecule has 2 N–H and O–H groups in total. The van der Waals surface area contributed by atoms with Gasteiger partial charge in [0.25, 0.3) is 0 Å². The van der Waals surface area contributed by atoms with Crippen molar-refractivity contribution in [3.8, 4) is 17.0 Å². The van der Waals surface area contributed by atoms with Gasteiger partial charge in [-0.3, -0.25) is 0 Å². The van der Waals surface area contributed by atoms with Crippen LogP contribution in [0.5, 0.6) is 5.88 Å². The van der Waals surface area contributed by atoms with Crippen LogP contribution in [-0.4, -0.2) is 12.1 Å². The lowest BCUT2D eigenvalue weighted by Crippen LogP contribution is -1.92. The average Bonchev–Trinajstić information content (AvgIpc) is 2.27. The molecule has 3 nitrogen and oxygen atoms in total. The van der Waals surface area contributed by atoms with Gasteiger partial charge in [-0.15, -0.1) is 0 Å². The summed E-state index contributed by atoms with van der Waals surface area (Å²) in [5.74, 6) is 0.559. The normalized spacial score (nSPS) is 10.1. The predicted octanol–water partition coefficient (Wildman–Crippen LogP) is 2.99. The van der Waals surface area contributed by atoms with Crippen LogP contribution in [-0.2, 0) is 0 Å². The minimum Gasteiger partial charge on any atom is -0.481 e. The molecule has 82 valence electrons. The zero-order valence-electron chi connectivity index (χ0n) is 8.77. The number of ether oxygens (including phenoxy) is 1. The van der Waals surface area contributed by atoms with Crippen molar-refractivity contribution in [2.45, 2.75) is 0 Å². The van der Waals surface area contributed by atoms with E-state index in [1.807, 2.05) is 24.3 Å². The molecule has 0 unspecified atom stereocenters. The van der Waals surface area contributed by atoms with E-state index in [1.54, 1.807) is 19.4 Å². The molecule has 0 aliphatic carbocycles. The molecule has 1 heterocycles. The number of rotatable bonds is 2. The van der Waals surface area contributed by atoms with E-state index in [0.29, 0.717) is 16.6 Å². The molecule has 0 amide bonds. The van der Waals surface area contributed by atoms with Crippen LogP contribution in [0.4, 0.5) is 5.69 Å². The minimum absolute atomic E-state index is 0.559. The van der Waals surface area contributed by atoms with Crippen molar-refractivity contribution in [1.82, 2.24) is 4.98 Å². The van der Waals surface area contributed by atoms with E-state index in [0.717, 1.165) is 11.1 Å². The monoisotopic (exact) mass is 234 g/mol. The number of hydrogen-bond donors (Lipinski definition) is 1. The van der Waals surface area contributed by atoms with Gasteiger partial charge in [0, 0.05) is 22.5 Å². The van der Waals surface area contributed by atoms with Crippen molar-refractivity contribution in [3.63, 3.8) is 0 Å². The van der Waals surface area contributed by atoms with Gasteiger partial charge in [0.1, 0.15) is 0 Å². The standard InChI is InChI=1S/C12H11ClN2O/c1-16-12-11(3-2-4-15-12)8-5-9(13)7-10(14)6-8/h2-7H,14H2,1H3. The van der Waals surface area contributed by atoms with E-state index < -0.39 is 0 Å². The third-order valence-corrected chi connectivity index (χ3v) is 2.41. The van der Waals surface area contributed by atoms with E-state index in [9.17, 15) is 0 Å². The first-order valence-corrected chi connectivity index (χ1v) is 5.14. The van der Waals surface area contributed by atoms with Gasteiger partial charge >= 0.3 is 0 Å². The Bertz CT molecular complexity index is 494. The van der Waals surface area contributed by atoms with Crippen molar-refractivity contribution >= 4 is 17.3 Å². The highest BCUT2D eigenvalue weighted by Gasteiger charge is 2.07. The SMILES string of the molecule is COc1ncccc1-c1cc(N)cc(Cl)c1. The predicted molar refractivity (Wildman–Crippen MR) is 65.6 cm³/mol. The summed E-state index contributed by atoms with van der Waals surface area (Å²) in [6, 6.07) is 9.13. The van der Waals surface area contributed by atoms with E-state index in [-0.39, 0.29) is 0 Å². The summed E-state index contributed by atoms with van der Waals surface area (Å²) >= 11 is 5.95. The van der Waals surface area contributed by atoms with E-state index in [1.165, 1.54) is 0 Å². The molecule has 0 bridgehead atoms. The number of anilines is 1. The molecule has 0 fully saturated rings. The van der Waals surface area contributed by atoms with Crippen LogP contribution in [0, 0.1) is 0 Å². The van der Waals surface area contributed by atoms with E-state index in [4.69, 9.17) is 22.1 Å². The van der Waals surface area contributed by atoms with Crippen LogP contribution >= 0.6 is 11.6 Å². The second-order valence-corrected chi connectivity index (χ2v) is 3.77. The molecule has 4 heteroatoms. The maximum atomic E-state index is 5.95. The summed E-state index contributed by atoms with van der Waals surface area (Å²) in [5.41, 5.74) is 8.13. The van der Waals surface area contributed by atoms with Crippen LogP contribution in [0.3, 0.4) is 0 Å². The summed E-state index contributed by atoms with van der Waals surface area (Å²) in [6.45, 7) is 0. The molecule has 2 rings (SSSR count). The van der Waals surface area contributed by atoms with Crippen LogP contribution < -0.4 is 10.5 Å². The highest BCUT2D eigenvalue weighted by molar-refractivity contribution is 6.31. The number of nitrogens with zero attached hydrogens (tertiary/aromatic N) is 1. The summed E-state index contributed by atoms with van der Waals surface area (Å²) in [6.07, 6.45) is 1.68. The molecule has 0 spiro atoms. The number of hydrogen-bond acceptors (Lipinski definition) is 3.